The minimum Gasteiger partial charge on any atom is -0.456 e. The topological polar surface area (TPSA) is 37.8 Å². The monoisotopic (exact) mass is 863 g/mol. The first kappa shape index (κ1) is 38.5. The van der Waals surface area contributed by atoms with Crippen molar-refractivity contribution in [2.75, 3.05) is 9.80 Å². The fourth-order valence-electron chi connectivity index (χ4n) is 9.86. The van der Waals surface area contributed by atoms with Gasteiger partial charge in [-0.3, -0.25) is 4.90 Å². The molecule has 0 atom stereocenters. The van der Waals surface area contributed by atoms with Crippen LogP contribution in [0.5, 0.6) is 23.0 Å². The quantitative estimate of drug-likeness (QED) is 0.152. The molecule has 0 saturated heterocycles. The van der Waals surface area contributed by atoms with Gasteiger partial charge in [-0.15, -0.1) is 0 Å². The number of nitrogens with zero attached hydrogens (tertiary/aromatic N) is 3. The maximum atomic E-state index is 17.2. The largest absolute Gasteiger partial charge is 0.456 e. The molecule has 0 N–H and O–H groups in total. The van der Waals surface area contributed by atoms with Gasteiger partial charge in [0.15, 0.2) is 0 Å². The maximum absolute atomic E-state index is 17.2. The van der Waals surface area contributed by atoms with Crippen molar-refractivity contribution < 1.29 is 13.9 Å². The Morgan fingerprint density at radius 2 is 0.881 bits per heavy atom. The van der Waals surface area contributed by atoms with E-state index in [0.29, 0.717) is 11.4 Å². The minimum atomic E-state index is -0.335. The van der Waals surface area contributed by atoms with Crippen LogP contribution in [0.15, 0.2) is 231 Å². The van der Waals surface area contributed by atoms with Crippen molar-refractivity contribution in [3.63, 3.8) is 0 Å². The summed E-state index contributed by atoms with van der Waals surface area (Å²) in [4.78, 5) is 8.94. The van der Waals surface area contributed by atoms with E-state index in [4.69, 9.17) is 14.5 Å². The van der Waals surface area contributed by atoms with Crippen LogP contribution in [0.3, 0.4) is 0 Å². The number of hydrogen-bond acceptors (Lipinski definition) is 5. The third-order valence-electron chi connectivity index (χ3n) is 12.9. The van der Waals surface area contributed by atoms with Crippen LogP contribution in [0.4, 0.5) is 38.6 Å². The van der Waals surface area contributed by atoms with E-state index in [1.807, 2.05) is 126 Å². The number of anilines is 6. The van der Waals surface area contributed by atoms with Gasteiger partial charge in [0.1, 0.15) is 34.6 Å². The van der Waals surface area contributed by atoms with Crippen molar-refractivity contribution in [1.82, 2.24) is 4.98 Å². The number of pyridine rings is 1. The van der Waals surface area contributed by atoms with Gasteiger partial charge >= 0.3 is 0 Å². The summed E-state index contributed by atoms with van der Waals surface area (Å²) in [7, 11) is 0. The van der Waals surface area contributed by atoms with Gasteiger partial charge in [-0.25, -0.2) is 9.37 Å². The summed E-state index contributed by atoms with van der Waals surface area (Å²) in [5.74, 6) is 3.41. The molecule has 0 saturated carbocycles. The Morgan fingerprint density at radius 1 is 0.343 bits per heavy atom. The fourth-order valence-corrected chi connectivity index (χ4v) is 9.86. The van der Waals surface area contributed by atoms with E-state index in [2.05, 4.69) is 108 Å². The van der Waals surface area contributed by atoms with Crippen LogP contribution < -0.4 is 19.3 Å². The zero-order valence-corrected chi connectivity index (χ0v) is 36.0. The highest BCUT2D eigenvalue weighted by molar-refractivity contribution is 6.14. The molecular weight excluding hydrogens is 826 g/mol. The van der Waals surface area contributed by atoms with E-state index in [0.717, 1.165) is 106 Å². The summed E-state index contributed by atoms with van der Waals surface area (Å²) in [5.41, 5.74) is 11.4. The molecule has 67 heavy (non-hydrogen) atoms. The molecule has 0 bridgehead atoms. The number of aromatic nitrogens is 1. The van der Waals surface area contributed by atoms with Gasteiger partial charge in [0.25, 0.3) is 0 Å². The number of benzene rings is 10. The second kappa shape index (κ2) is 15.6. The van der Waals surface area contributed by atoms with E-state index in [-0.39, 0.29) is 5.82 Å². The van der Waals surface area contributed by atoms with Gasteiger partial charge in [0, 0.05) is 57.2 Å². The number of fused-ring (bicyclic) bond motifs is 5. The van der Waals surface area contributed by atoms with Crippen molar-refractivity contribution in [3.8, 4) is 67.5 Å². The molecule has 11 aromatic rings. The lowest BCUT2D eigenvalue weighted by Crippen LogP contribution is -2.14. The molecule has 0 aliphatic carbocycles. The number of hydrogen-bond donors (Lipinski definition) is 0. The van der Waals surface area contributed by atoms with Gasteiger partial charge in [-0.05, 0) is 136 Å². The molecule has 3 heterocycles. The molecule has 0 fully saturated rings. The van der Waals surface area contributed by atoms with E-state index < -0.39 is 0 Å². The second-order valence-electron chi connectivity index (χ2n) is 16.8. The minimum absolute atomic E-state index is 0.335. The third kappa shape index (κ3) is 6.49. The normalized spacial score (nSPS) is 11.9. The smallest absolute Gasteiger partial charge is 0.148 e. The van der Waals surface area contributed by atoms with Crippen molar-refractivity contribution in [3.05, 3.63) is 236 Å². The first-order chi connectivity index (χ1) is 33.1. The van der Waals surface area contributed by atoms with Crippen molar-refractivity contribution in [1.29, 1.82) is 0 Å². The van der Waals surface area contributed by atoms with E-state index in [9.17, 15) is 0 Å². The van der Waals surface area contributed by atoms with Gasteiger partial charge in [-0.1, -0.05) is 115 Å². The summed E-state index contributed by atoms with van der Waals surface area (Å²) < 4.78 is 30.9. The maximum Gasteiger partial charge on any atom is 0.148 e. The van der Waals surface area contributed by atoms with Crippen molar-refractivity contribution in [2.45, 2.75) is 0 Å². The Kier molecular flexibility index (Phi) is 8.96. The van der Waals surface area contributed by atoms with Crippen LogP contribution in [0.1, 0.15) is 0 Å². The Hall–Kier alpha value is -9.00. The molecule has 316 valence electrons. The van der Waals surface area contributed by atoms with Crippen molar-refractivity contribution >= 4 is 55.8 Å². The zero-order chi connectivity index (χ0) is 44.4. The molecular formula is C61H38FN3O2. The molecule has 6 heteroatoms. The summed E-state index contributed by atoms with van der Waals surface area (Å²) in [6.07, 6.45) is 1.82. The van der Waals surface area contributed by atoms with Gasteiger partial charge < -0.3 is 14.4 Å². The zero-order valence-electron chi connectivity index (χ0n) is 36.0. The number of rotatable bonds is 8. The molecule has 10 aromatic carbocycles. The van der Waals surface area contributed by atoms with Gasteiger partial charge in [-0.2, -0.15) is 0 Å². The van der Waals surface area contributed by atoms with Crippen LogP contribution in [0, 0.1) is 5.82 Å². The molecule has 0 amide bonds. The van der Waals surface area contributed by atoms with Crippen molar-refractivity contribution in [2.24, 2.45) is 0 Å². The average molecular weight is 864 g/mol. The molecule has 1 aromatic heterocycles. The van der Waals surface area contributed by atoms with E-state index >= 15 is 4.39 Å². The summed E-state index contributed by atoms with van der Waals surface area (Å²) >= 11 is 0. The highest BCUT2D eigenvalue weighted by Crippen LogP contribution is 2.57. The Morgan fingerprint density at radius 3 is 1.52 bits per heavy atom. The Labute approximate surface area is 386 Å². The standard InChI is InChI=1S/C61H38FN3O2/c62-53-36-43(39-14-4-1-5-15-39)35-52(41-17-6-2-7-18-41)61(53)65(44-20-8-3-9-21-44)47-26-28-49-51-30-31-54-59-50(29-32-55(60(51)59)67-57(49)38-47)48-27-25-46(37-56(48)66-54)64(58-22-12-13-33-63-58)45-24-23-40-16-10-11-19-42(40)34-45/h1-38H. The van der Waals surface area contributed by atoms with Crippen LogP contribution in [-0.2, 0) is 0 Å². The lowest BCUT2D eigenvalue weighted by molar-refractivity contribution is 0.480. The second-order valence-corrected chi connectivity index (χ2v) is 16.8. The molecule has 13 rings (SSSR count). The van der Waals surface area contributed by atoms with Crippen LogP contribution in [-0.4, -0.2) is 4.98 Å². The molecule has 2 aliphatic rings. The van der Waals surface area contributed by atoms with Gasteiger partial charge in [0.2, 0.25) is 0 Å². The lowest BCUT2D eigenvalue weighted by atomic mass is 9.88. The first-order valence-electron chi connectivity index (χ1n) is 22.4. The summed E-state index contributed by atoms with van der Waals surface area (Å²) in [6.45, 7) is 0. The highest BCUT2D eigenvalue weighted by Gasteiger charge is 2.30. The molecule has 0 unspecified atom stereocenters. The SMILES string of the molecule is Fc1cc(-c2ccccc2)cc(-c2ccccc2)c1N(c1ccccc1)c1ccc2c(c1)Oc1ccc3c4c(ccc-2c14)Oc1cc(N(c2ccc4ccccc4c2)c2ccccn2)ccc1-3. The average Bonchev–Trinajstić information content (AvgIpc) is 3.39. The predicted octanol–water partition coefficient (Wildman–Crippen LogP) is 17.3. The predicted molar refractivity (Wildman–Crippen MR) is 270 cm³/mol. The number of halogens is 1. The number of para-hydroxylation sites is 1. The Bertz CT molecular complexity index is 3710. The number of ether oxygens (including phenoxy) is 2. The van der Waals surface area contributed by atoms with E-state index in [1.54, 1.807) is 6.07 Å². The van der Waals surface area contributed by atoms with Gasteiger partial charge in [0.05, 0.1) is 17.1 Å². The first-order valence-corrected chi connectivity index (χ1v) is 22.4. The van der Waals surface area contributed by atoms with Crippen LogP contribution >= 0.6 is 0 Å². The van der Waals surface area contributed by atoms with Crippen LogP contribution in [0.2, 0.25) is 0 Å². The van der Waals surface area contributed by atoms with E-state index in [1.165, 1.54) is 5.39 Å². The molecule has 2 aliphatic heterocycles. The van der Waals surface area contributed by atoms with Crippen LogP contribution in [0.25, 0.3) is 66.1 Å². The Balaban J connectivity index is 0.913. The summed E-state index contributed by atoms with van der Waals surface area (Å²) in [6, 6.07) is 75.5. The fraction of sp³-hybridized carbons (Fsp3) is 0. The third-order valence-corrected chi connectivity index (χ3v) is 12.9. The molecule has 5 nitrogen and oxygen atoms in total. The highest BCUT2D eigenvalue weighted by atomic mass is 19.1. The summed E-state index contributed by atoms with van der Waals surface area (Å²) in [5, 5.41) is 4.32. The molecule has 0 spiro atoms. The molecule has 0 radical (unpaired) electrons. The lowest BCUT2D eigenvalue weighted by Gasteiger charge is -2.31.